The van der Waals surface area contributed by atoms with E-state index in [0.717, 1.165) is 0 Å². The van der Waals surface area contributed by atoms with Gasteiger partial charge in [-0.1, -0.05) is 35.4 Å². The van der Waals surface area contributed by atoms with Crippen molar-refractivity contribution in [3.05, 3.63) is 46.3 Å². The van der Waals surface area contributed by atoms with Gasteiger partial charge >= 0.3 is 0 Å². The Kier molecular flexibility index (Phi) is 3.39. The average Bonchev–Trinajstić information content (AvgIpc) is 2.90. The molecule has 1 N–H and O–H groups in total. The molecule has 7 heteroatoms. The van der Waals surface area contributed by atoms with E-state index in [1.165, 1.54) is 0 Å². The molecule has 1 aromatic carbocycles. The Bertz CT molecular complexity index is 573. The summed E-state index contributed by atoms with van der Waals surface area (Å²) in [5, 5.41) is 14.8. The van der Waals surface area contributed by atoms with Crippen LogP contribution in [0.4, 0.5) is 0 Å². The molecule has 0 amide bonds. The molecule has 0 bridgehead atoms. The number of aliphatic hydroxyl groups is 1. The monoisotopic (exact) mass is 291 g/mol. The summed E-state index contributed by atoms with van der Waals surface area (Å²) in [4.78, 5) is 2.73. The summed E-state index contributed by atoms with van der Waals surface area (Å²) in [6.07, 6.45) is -2.08. The molecule has 0 aromatic heterocycles. The second-order valence-electron chi connectivity index (χ2n) is 5.65. The molecule has 2 aliphatic heterocycles. The van der Waals surface area contributed by atoms with Gasteiger partial charge in [-0.25, -0.2) is 0 Å². The fourth-order valence-corrected chi connectivity index (χ4v) is 2.92. The van der Waals surface area contributed by atoms with Crippen molar-refractivity contribution < 1.29 is 19.3 Å². The van der Waals surface area contributed by atoms with Crippen molar-refractivity contribution in [1.82, 2.24) is 0 Å². The summed E-state index contributed by atoms with van der Waals surface area (Å²) < 4.78 is 17.2. The normalized spacial score (nSPS) is 37.0. The first-order valence-corrected chi connectivity index (χ1v) is 6.77. The molecule has 3 rings (SSSR count). The minimum absolute atomic E-state index is 0.00203. The predicted molar refractivity (Wildman–Crippen MR) is 73.0 cm³/mol. The van der Waals surface area contributed by atoms with Crippen molar-refractivity contribution in [3.8, 4) is 0 Å². The van der Waals surface area contributed by atoms with Crippen LogP contribution in [0.5, 0.6) is 0 Å². The molecular weight excluding hydrogens is 274 g/mol. The van der Waals surface area contributed by atoms with Crippen LogP contribution in [0.3, 0.4) is 0 Å². The number of rotatable bonds is 3. The third-order valence-corrected chi connectivity index (χ3v) is 3.83. The molecule has 2 fully saturated rings. The minimum atomic E-state index is -1.42. The number of hydrogen-bond donors (Lipinski definition) is 1. The Morgan fingerprint density at radius 1 is 1.29 bits per heavy atom. The molecule has 0 radical (unpaired) electrons. The first-order chi connectivity index (χ1) is 9.97. The number of fused-ring (bicyclic) bond motifs is 1. The molecule has 112 valence electrons. The lowest BCUT2D eigenvalue weighted by atomic mass is 9.84. The molecule has 7 nitrogen and oxygen atoms in total. The van der Waals surface area contributed by atoms with E-state index >= 15 is 0 Å². The Balaban J connectivity index is 2.00. The summed E-state index contributed by atoms with van der Waals surface area (Å²) in [7, 11) is 0. The minimum Gasteiger partial charge on any atom is -0.379 e. The highest BCUT2D eigenvalue weighted by Crippen LogP contribution is 2.48. The molecule has 1 aromatic rings. The Labute approximate surface area is 122 Å². The van der Waals surface area contributed by atoms with Crippen LogP contribution in [0.2, 0.25) is 0 Å². The highest BCUT2D eigenvalue weighted by Gasteiger charge is 2.63. The Morgan fingerprint density at radius 3 is 2.67 bits per heavy atom. The Hall–Kier alpha value is -1.63. The van der Waals surface area contributed by atoms with Gasteiger partial charge in [0.2, 0.25) is 0 Å². The van der Waals surface area contributed by atoms with Gasteiger partial charge in [0.25, 0.3) is 0 Å². The first-order valence-electron chi connectivity index (χ1n) is 6.77. The lowest BCUT2D eigenvalue weighted by Crippen LogP contribution is -2.47. The number of hydrogen-bond acceptors (Lipinski definition) is 5. The third kappa shape index (κ3) is 2.29. The van der Waals surface area contributed by atoms with Crippen LogP contribution in [0.15, 0.2) is 35.4 Å². The maximum Gasteiger partial charge on any atom is 0.190 e. The predicted octanol–water partition coefficient (Wildman–Crippen LogP) is 2.06. The van der Waals surface area contributed by atoms with Crippen LogP contribution >= 0.6 is 0 Å². The van der Waals surface area contributed by atoms with Gasteiger partial charge in [-0.2, -0.15) is 0 Å². The molecule has 0 aliphatic carbocycles. The fourth-order valence-electron chi connectivity index (χ4n) is 2.92. The molecule has 0 saturated carbocycles. The maximum atomic E-state index is 11.2. The second-order valence-corrected chi connectivity index (χ2v) is 5.65. The van der Waals surface area contributed by atoms with Gasteiger partial charge in [0.05, 0.1) is 6.54 Å². The summed E-state index contributed by atoms with van der Waals surface area (Å²) >= 11 is 0. The summed E-state index contributed by atoms with van der Waals surface area (Å²) in [6.45, 7) is 3.53. The largest absolute Gasteiger partial charge is 0.379 e. The molecular formula is C14H17N3O4. The fraction of sp³-hybridized carbons (Fsp3) is 0.571. The van der Waals surface area contributed by atoms with E-state index in [4.69, 9.17) is 19.7 Å². The van der Waals surface area contributed by atoms with Gasteiger partial charge < -0.3 is 19.3 Å². The van der Waals surface area contributed by atoms with E-state index in [0.29, 0.717) is 5.56 Å². The van der Waals surface area contributed by atoms with E-state index in [2.05, 4.69) is 10.0 Å². The zero-order valence-corrected chi connectivity index (χ0v) is 11.8. The van der Waals surface area contributed by atoms with Gasteiger partial charge in [-0.3, -0.25) is 0 Å². The number of azide groups is 1. The lowest BCUT2D eigenvalue weighted by molar-refractivity contribution is -0.229. The molecule has 0 spiro atoms. The van der Waals surface area contributed by atoms with Crippen molar-refractivity contribution in [2.75, 3.05) is 6.54 Å². The van der Waals surface area contributed by atoms with Gasteiger partial charge in [-0.15, -0.1) is 0 Å². The van der Waals surface area contributed by atoms with E-state index in [1.54, 1.807) is 26.0 Å². The van der Waals surface area contributed by atoms with Crippen LogP contribution in [0, 0.1) is 0 Å². The zero-order chi connectivity index (χ0) is 15.1. The third-order valence-electron chi connectivity index (χ3n) is 3.83. The van der Waals surface area contributed by atoms with Crippen LogP contribution in [0.25, 0.3) is 10.4 Å². The standard InChI is InChI=1S/C14H17N3O4/c1-13(2)20-11-12(21-13)19-10(8-16-17-15)14(11,18)9-6-4-3-5-7-9/h3-7,10-12,18H,8H2,1-2H3/t10-,11+,12+,14-/m1/s1. The lowest BCUT2D eigenvalue weighted by Gasteiger charge is -2.33. The summed E-state index contributed by atoms with van der Waals surface area (Å²) in [5.41, 5.74) is 7.74. The smallest absolute Gasteiger partial charge is 0.190 e. The van der Waals surface area contributed by atoms with E-state index in [9.17, 15) is 5.11 Å². The van der Waals surface area contributed by atoms with Crippen molar-refractivity contribution >= 4 is 0 Å². The van der Waals surface area contributed by atoms with Crippen LogP contribution in [-0.4, -0.2) is 35.9 Å². The molecule has 0 unspecified atom stereocenters. The first kappa shape index (κ1) is 14.3. The van der Waals surface area contributed by atoms with Crippen molar-refractivity contribution in [2.24, 2.45) is 5.11 Å². The van der Waals surface area contributed by atoms with Crippen molar-refractivity contribution in [2.45, 2.75) is 43.7 Å². The van der Waals surface area contributed by atoms with Gasteiger partial charge in [-0.05, 0) is 24.9 Å². The highest BCUT2D eigenvalue weighted by atomic mass is 16.8. The summed E-state index contributed by atoms with van der Waals surface area (Å²) in [6, 6.07) is 9.10. The van der Waals surface area contributed by atoms with Gasteiger partial charge in [0.1, 0.15) is 17.8 Å². The average molecular weight is 291 g/mol. The Morgan fingerprint density at radius 2 is 2.00 bits per heavy atom. The van der Waals surface area contributed by atoms with Gasteiger partial charge in [0, 0.05) is 4.91 Å². The van der Waals surface area contributed by atoms with E-state index in [1.807, 2.05) is 18.2 Å². The second kappa shape index (κ2) is 4.98. The van der Waals surface area contributed by atoms with Crippen molar-refractivity contribution in [1.29, 1.82) is 0 Å². The quantitative estimate of drug-likeness (QED) is 0.523. The van der Waals surface area contributed by atoms with Crippen LogP contribution < -0.4 is 0 Å². The number of ether oxygens (including phenoxy) is 3. The number of nitrogens with zero attached hydrogens (tertiary/aromatic N) is 3. The molecule has 2 heterocycles. The molecule has 2 saturated heterocycles. The zero-order valence-electron chi connectivity index (χ0n) is 11.8. The summed E-state index contributed by atoms with van der Waals surface area (Å²) in [5.74, 6) is -0.832. The molecule has 2 aliphatic rings. The van der Waals surface area contributed by atoms with Crippen molar-refractivity contribution in [3.63, 3.8) is 0 Å². The number of benzene rings is 1. The van der Waals surface area contributed by atoms with Gasteiger partial charge in [0.15, 0.2) is 12.1 Å². The van der Waals surface area contributed by atoms with E-state index in [-0.39, 0.29) is 6.54 Å². The highest BCUT2D eigenvalue weighted by molar-refractivity contribution is 5.28. The van der Waals surface area contributed by atoms with Crippen LogP contribution in [-0.2, 0) is 19.8 Å². The SMILES string of the molecule is CC1(C)O[C@@H]2O[C@H](CN=[N+]=[N-])[C@](O)(c3ccccc3)[C@H]2O1. The maximum absolute atomic E-state index is 11.2. The van der Waals surface area contributed by atoms with Crippen LogP contribution in [0.1, 0.15) is 19.4 Å². The topological polar surface area (TPSA) is 96.7 Å². The van der Waals surface area contributed by atoms with E-state index < -0.39 is 29.9 Å². The molecule has 4 atom stereocenters. The molecule has 21 heavy (non-hydrogen) atoms.